The molecule has 0 saturated carbocycles. The van der Waals surface area contributed by atoms with Gasteiger partial charge in [0.25, 0.3) is 0 Å². The van der Waals surface area contributed by atoms with Crippen molar-refractivity contribution in [3.05, 3.63) is 35.9 Å². The molecule has 0 spiro atoms. The van der Waals surface area contributed by atoms with Crippen molar-refractivity contribution in [3.63, 3.8) is 0 Å². The van der Waals surface area contributed by atoms with Crippen LogP contribution in [0.4, 0.5) is 4.79 Å². The van der Waals surface area contributed by atoms with Gasteiger partial charge in [0, 0.05) is 13.0 Å². The van der Waals surface area contributed by atoms with E-state index in [1.165, 1.54) is 24.3 Å². The molecular weight excluding hydrogens is 346 g/mol. The molecule has 26 heavy (non-hydrogen) atoms. The highest BCUT2D eigenvalue weighted by Gasteiger charge is 2.50. The minimum atomic E-state index is -2.85. The molecule has 3 N–H and O–H groups in total. The van der Waals surface area contributed by atoms with Gasteiger partial charge in [0.05, 0.1) is 5.56 Å². The first kappa shape index (κ1) is 20.9. The third-order valence-electron chi connectivity index (χ3n) is 3.11. The van der Waals surface area contributed by atoms with Gasteiger partial charge in [-0.1, -0.05) is 18.2 Å². The number of hydrogen-bond donors (Lipinski definition) is 3. The van der Waals surface area contributed by atoms with Crippen LogP contribution < -0.4 is 5.32 Å². The zero-order chi connectivity index (χ0) is 20.0. The molecule has 1 amide bonds. The lowest BCUT2D eigenvalue weighted by molar-refractivity contribution is -0.177. The monoisotopic (exact) mass is 367 g/mol. The van der Waals surface area contributed by atoms with E-state index in [1.807, 2.05) is 0 Å². The number of carboxylic acid groups (broad SMARTS) is 2. The number of rotatable bonds is 7. The van der Waals surface area contributed by atoms with E-state index in [0.717, 1.165) is 0 Å². The molecule has 142 valence electrons. The zero-order valence-electron chi connectivity index (χ0n) is 14.6. The standard InChI is InChI=1S/C17H21NO8/c1-16(2,3)26-15(24)18-10-9-17(13(20)21,14(22)23)25-12(19)11-7-5-4-6-8-11/h4-8H,9-10H2,1-3H3,(H,18,24)(H,20,21)(H,22,23). The van der Waals surface area contributed by atoms with Gasteiger partial charge in [0.2, 0.25) is 0 Å². The van der Waals surface area contributed by atoms with E-state index < -0.39 is 48.2 Å². The highest BCUT2D eigenvalue weighted by molar-refractivity contribution is 6.05. The molecule has 0 aliphatic rings. The first-order chi connectivity index (χ1) is 12.0. The lowest BCUT2D eigenvalue weighted by atomic mass is 9.99. The van der Waals surface area contributed by atoms with Crippen molar-refractivity contribution in [1.29, 1.82) is 0 Å². The summed E-state index contributed by atoms with van der Waals surface area (Å²) in [5.74, 6) is -4.83. The second-order valence-corrected chi connectivity index (χ2v) is 6.37. The van der Waals surface area contributed by atoms with Crippen LogP contribution in [0, 0.1) is 0 Å². The van der Waals surface area contributed by atoms with Crippen LogP contribution in [0.15, 0.2) is 30.3 Å². The van der Waals surface area contributed by atoms with E-state index in [9.17, 15) is 29.4 Å². The average Bonchev–Trinajstić information content (AvgIpc) is 2.52. The molecule has 0 radical (unpaired) electrons. The molecule has 0 atom stereocenters. The molecule has 9 nitrogen and oxygen atoms in total. The fraction of sp³-hybridized carbons (Fsp3) is 0.412. The Morgan fingerprint density at radius 1 is 0.962 bits per heavy atom. The maximum absolute atomic E-state index is 12.1. The van der Waals surface area contributed by atoms with Gasteiger partial charge >= 0.3 is 29.6 Å². The van der Waals surface area contributed by atoms with Gasteiger partial charge in [-0.2, -0.15) is 0 Å². The minimum absolute atomic E-state index is 0.000485. The number of ether oxygens (including phenoxy) is 2. The number of esters is 1. The SMILES string of the molecule is CC(C)(C)OC(=O)NCCC(OC(=O)c1ccccc1)(C(=O)O)C(=O)O. The topological polar surface area (TPSA) is 139 Å². The van der Waals surface area contributed by atoms with E-state index in [4.69, 9.17) is 9.47 Å². The smallest absolute Gasteiger partial charge is 0.407 e. The van der Waals surface area contributed by atoms with Gasteiger partial charge in [-0.25, -0.2) is 19.2 Å². The molecule has 0 aliphatic carbocycles. The molecule has 0 bridgehead atoms. The number of hydrogen-bond acceptors (Lipinski definition) is 6. The lowest BCUT2D eigenvalue weighted by Gasteiger charge is -2.25. The Labute approximate surface area is 149 Å². The van der Waals surface area contributed by atoms with Crippen LogP contribution in [0.25, 0.3) is 0 Å². The molecular formula is C17H21NO8. The molecule has 0 unspecified atom stereocenters. The normalized spacial score (nSPS) is 11.3. The van der Waals surface area contributed by atoms with Crippen molar-refractivity contribution in [3.8, 4) is 0 Å². The Kier molecular flexibility index (Phi) is 6.71. The summed E-state index contributed by atoms with van der Waals surface area (Å²) in [6.07, 6.45) is -1.54. The van der Waals surface area contributed by atoms with Crippen molar-refractivity contribution in [2.45, 2.75) is 38.4 Å². The van der Waals surface area contributed by atoms with Crippen molar-refractivity contribution < 1.29 is 38.9 Å². The third-order valence-corrected chi connectivity index (χ3v) is 3.11. The second-order valence-electron chi connectivity index (χ2n) is 6.37. The largest absolute Gasteiger partial charge is 0.478 e. The fourth-order valence-corrected chi connectivity index (χ4v) is 1.89. The van der Waals surface area contributed by atoms with Crippen LogP contribution in [0.2, 0.25) is 0 Å². The summed E-state index contributed by atoms with van der Waals surface area (Å²) in [5.41, 5.74) is -3.62. The quantitative estimate of drug-likeness (QED) is 0.488. The number of carbonyl (C=O) groups is 4. The van der Waals surface area contributed by atoms with E-state index in [1.54, 1.807) is 26.8 Å². The van der Waals surface area contributed by atoms with Gasteiger partial charge in [0.1, 0.15) is 5.60 Å². The Bertz CT molecular complexity index is 664. The summed E-state index contributed by atoms with van der Waals surface area (Å²) >= 11 is 0. The predicted molar refractivity (Wildman–Crippen MR) is 88.7 cm³/mol. The number of aliphatic carboxylic acids is 2. The van der Waals surface area contributed by atoms with Crippen LogP contribution in [0.3, 0.4) is 0 Å². The van der Waals surface area contributed by atoms with Gasteiger partial charge in [-0.15, -0.1) is 0 Å². The van der Waals surface area contributed by atoms with Gasteiger partial charge in [-0.05, 0) is 32.9 Å². The van der Waals surface area contributed by atoms with Gasteiger partial charge in [-0.3, -0.25) is 0 Å². The lowest BCUT2D eigenvalue weighted by Crippen LogP contribution is -2.52. The average molecular weight is 367 g/mol. The molecule has 1 rings (SSSR count). The number of carbonyl (C=O) groups excluding carboxylic acids is 2. The molecule has 0 aliphatic heterocycles. The predicted octanol–water partition coefficient (Wildman–Crippen LogP) is 1.67. The second kappa shape index (κ2) is 8.32. The first-order valence-electron chi connectivity index (χ1n) is 7.70. The molecule has 9 heteroatoms. The van der Waals surface area contributed by atoms with Crippen LogP contribution in [0.5, 0.6) is 0 Å². The van der Waals surface area contributed by atoms with Crippen LogP contribution >= 0.6 is 0 Å². The number of alkyl carbamates (subject to hydrolysis) is 1. The summed E-state index contributed by atoms with van der Waals surface area (Å²) in [5, 5.41) is 20.9. The number of benzene rings is 1. The fourth-order valence-electron chi connectivity index (χ4n) is 1.89. The van der Waals surface area contributed by atoms with E-state index in [2.05, 4.69) is 5.32 Å². The number of nitrogens with one attached hydrogen (secondary N) is 1. The highest BCUT2D eigenvalue weighted by atomic mass is 16.6. The highest BCUT2D eigenvalue weighted by Crippen LogP contribution is 2.20. The zero-order valence-corrected chi connectivity index (χ0v) is 14.6. The van der Waals surface area contributed by atoms with Crippen LogP contribution in [0.1, 0.15) is 37.6 Å². The molecule has 0 fully saturated rings. The summed E-state index contributed by atoms with van der Waals surface area (Å²) in [6.45, 7) is 4.50. The van der Waals surface area contributed by atoms with Crippen LogP contribution in [-0.2, 0) is 19.1 Å². The Balaban J connectivity index is 2.87. The molecule has 1 aromatic carbocycles. The Morgan fingerprint density at radius 2 is 1.50 bits per heavy atom. The summed E-state index contributed by atoms with van der Waals surface area (Å²) < 4.78 is 9.77. The summed E-state index contributed by atoms with van der Waals surface area (Å²) in [4.78, 5) is 46.7. The van der Waals surface area contributed by atoms with Gasteiger partial charge < -0.3 is 25.0 Å². The van der Waals surface area contributed by atoms with Crippen molar-refractivity contribution >= 4 is 24.0 Å². The maximum Gasteiger partial charge on any atom is 0.407 e. The first-order valence-corrected chi connectivity index (χ1v) is 7.70. The summed E-state index contributed by atoms with van der Waals surface area (Å²) in [7, 11) is 0. The molecule has 0 aromatic heterocycles. The minimum Gasteiger partial charge on any atom is -0.478 e. The molecule has 0 heterocycles. The van der Waals surface area contributed by atoms with E-state index in [-0.39, 0.29) is 5.56 Å². The van der Waals surface area contributed by atoms with Crippen LogP contribution in [-0.4, -0.2) is 52.0 Å². The third kappa shape index (κ3) is 5.76. The van der Waals surface area contributed by atoms with E-state index >= 15 is 0 Å². The molecule has 1 aromatic rings. The number of carboxylic acids is 2. The van der Waals surface area contributed by atoms with Crippen molar-refractivity contribution in [2.75, 3.05) is 6.54 Å². The molecule has 0 saturated heterocycles. The van der Waals surface area contributed by atoms with E-state index in [0.29, 0.717) is 0 Å². The Morgan fingerprint density at radius 3 is 1.96 bits per heavy atom. The Hall–Kier alpha value is -3.10. The summed E-state index contributed by atoms with van der Waals surface area (Å²) in [6, 6.07) is 7.38. The maximum atomic E-state index is 12.1. The number of amides is 1. The van der Waals surface area contributed by atoms with Gasteiger partial charge in [0.15, 0.2) is 0 Å². The van der Waals surface area contributed by atoms with Crippen molar-refractivity contribution in [1.82, 2.24) is 5.32 Å². The van der Waals surface area contributed by atoms with Crippen molar-refractivity contribution in [2.24, 2.45) is 0 Å².